The number of ether oxygens (including phenoxy) is 1. The van der Waals surface area contributed by atoms with Crippen molar-refractivity contribution in [1.29, 1.82) is 0 Å². The third kappa shape index (κ3) is 2.64. The Kier molecular flexibility index (Phi) is 3.85. The number of nitrogens with two attached hydrogens (primary N) is 1. The molecule has 6 atom stereocenters. The van der Waals surface area contributed by atoms with Crippen molar-refractivity contribution in [3.63, 3.8) is 0 Å². The fourth-order valence-corrected chi connectivity index (χ4v) is 4.06. The molecule has 130 valence electrons. The minimum absolute atomic E-state index is 0.0504. The summed E-state index contributed by atoms with van der Waals surface area (Å²) in [4.78, 5) is 22.0. The van der Waals surface area contributed by atoms with Crippen LogP contribution in [-0.4, -0.2) is 65.0 Å². The quantitative estimate of drug-likeness (QED) is 0.170. The van der Waals surface area contributed by atoms with Crippen LogP contribution in [0, 0.1) is 0 Å². The van der Waals surface area contributed by atoms with Crippen molar-refractivity contribution < 1.29 is 23.8 Å². The number of azide groups is 1. The first kappa shape index (κ1) is 16.5. The predicted molar refractivity (Wildman–Crippen MR) is 85.9 cm³/mol. The van der Waals surface area contributed by atoms with Gasteiger partial charge in [-0.3, -0.25) is 0 Å². The maximum atomic E-state index is 10.6. The van der Waals surface area contributed by atoms with E-state index in [0.29, 0.717) is 11.5 Å². The van der Waals surface area contributed by atoms with E-state index in [-0.39, 0.29) is 12.4 Å². The highest BCUT2D eigenvalue weighted by molar-refractivity contribution is 7.85. The van der Waals surface area contributed by atoms with Crippen LogP contribution in [0.3, 0.4) is 0 Å². The van der Waals surface area contributed by atoms with Crippen molar-refractivity contribution in [3.05, 3.63) is 16.8 Å². The normalized spacial score (nSPS) is 39.3. The van der Waals surface area contributed by atoms with Crippen LogP contribution in [-0.2, 0) is 13.8 Å². The standard InChI is InChI=1S/C10H13BN8O5P/c11-25(21)22-1-3-6(24-25)5(20)9(23-3)19-8-4(7(12)14-2-15-8)16-10(19)17-18-13/h2-3,5-6,9-10,16,20-21H,1H2,(H2,12,14,15)/q+1/t3?,5?,6-,9?,10?,25?/m1/s1. The number of nitrogens with one attached hydrogen (secondary N) is 1. The molecule has 2 radical (unpaired) electrons. The highest BCUT2D eigenvalue weighted by atomic mass is 31.2. The Morgan fingerprint density at radius 2 is 2.36 bits per heavy atom. The summed E-state index contributed by atoms with van der Waals surface area (Å²) in [7, 11) is 1.99. The van der Waals surface area contributed by atoms with Gasteiger partial charge < -0.3 is 25.8 Å². The fourth-order valence-electron chi connectivity index (χ4n) is 3.03. The molecule has 0 saturated carbocycles. The third-order valence-corrected chi connectivity index (χ3v) is 5.14. The van der Waals surface area contributed by atoms with Gasteiger partial charge in [0.1, 0.15) is 30.8 Å². The number of aliphatic hydroxyl groups is 1. The lowest BCUT2D eigenvalue weighted by Gasteiger charge is -2.30. The zero-order valence-corrected chi connectivity index (χ0v) is 13.5. The fraction of sp³-hybridized carbons (Fsp3) is 0.600. The van der Waals surface area contributed by atoms with Crippen LogP contribution in [0.5, 0.6) is 0 Å². The first-order valence-electron chi connectivity index (χ1n) is 7.17. The van der Waals surface area contributed by atoms with Gasteiger partial charge in [-0.25, -0.2) is 14.9 Å². The van der Waals surface area contributed by atoms with Crippen LogP contribution in [0.15, 0.2) is 11.4 Å². The molecular formula is C10H13BN8O5P+. The molecule has 3 aliphatic rings. The molecule has 5 unspecified atom stereocenters. The lowest BCUT2D eigenvalue weighted by molar-refractivity contribution is -0.0448. The number of anilines is 3. The summed E-state index contributed by atoms with van der Waals surface area (Å²) < 4.78 is 16.1. The molecule has 0 amide bonds. The molecule has 13 nitrogen and oxygen atoms in total. The second-order valence-corrected chi connectivity index (χ2v) is 7.17. The van der Waals surface area contributed by atoms with Gasteiger partial charge in [-0.15, -0.1) is 0 Å². The van der Waals surface area contributed by atoms with Gasteiger partial charge in [-0.05, 0) is 10.6 Å². The molecule has 2 saturated heterocycles. The van der Waals surface area contributed by atoms with Crippen LogP contribution in [0.25, 0.3) is 10.4 Å². The van der Waals surface area contributed by atoms with Crippen molar-refractivity contribution in [1.82, 2.24) is 9.97 Å². The van der Waals surface area contributed by atoms with E-state index in [1.54, 1.807) is 0 Å². The molecule has 4 rings (SSSR count). The molecule has 0 aromatic carbocycles. The molecule has 25 heavy (non-hydrogen) atoms. The lowest BCUT2D eigenvalue weighted by Crippen LogP contribution is -2.49. The van der Waals surface area contributed by atoms with Crippen LogP contribution >= 0.6 is 7.82 Å². The molecule has 5 N–H and O–H groups in total. The number of fused-ring (bicyclic) bond motifs is 2. The predicted octanol–water partition coefficient (Wildman–Crippen LogP) is -0.776. The van der Waals surface area contributed by atoms with E-state index < -0.39 is 38.7 Å². The van der Waals surface area contributed by atoms with Gasteiger partial charge in [0.05, 0.1) is 0 Å². The van der Waals surface area contributed by atoms with Gasteiger partial charge in [0.2, 0.25) is 0 Å². The molecule has 0 aliphatic carbocycles. The number of hydrogen-bond donors (Lipinski definition) is 4. The Balaban J connectivity index is 1.69. The average molecular weight is 367 g/mol. The highest BCUT2D eigenvalue weighted by Crippen LogP contribution is 2.58. The number of aromatic nitrogens is 2. The number of nitrogen functional groups attached to an aromatic ring is 1. The number of aliphatic hydroxyl groups excluding tert-OH is 1. The van der Waals surface area contributed by atoms with Crippen molar-refractivity contribution >= 4 is 32.7 Å². The summed E-state index contributed by atoms with van der Waals surface area (Å²) in [5.74, 6) is 0.448. The number of nitrogens with zero attached hydrogens (tertiary/aromatic N) is 6. The van der Waals surface area contributed by atoms with E-state index in [2.05, 4.69) is 25.3 Å². The van der Waals surface area contributed by atoms with Gasteiger partial charge in [0, 0.05) is 4.91 Å². The number of hydrogen-bond acceptors (Lipinski definition) is 11. The van der Waals surface area contributed by atoms with E-state index in [1.165, 1.54) is 11.2 Å². The van der Waals surface area contributed by atoms with Gasteiger partial charge in [0.15, 0.2) is 30.3 Å². The first-order chi connectivity index (χ1) is 11.9. The molecule has 15 heteroatoms. The van der Waals surface area contributed by atoms with E-state index >= 15 is 0 Å². The van der Waals surface area contributed by atoms with E-state index in [1.807, 2.05) is 0 Å². The Hall–Kier alpha value is -1.92. The Labute approximate surface area is 142 Å². The number of rotatable bonds is 2. The summed E-state index contributed by atoms with van der Waals surface area (Å²) in [5.41, 5.74) is 15.0. The second-order valence-electron chi connectivity index (χ2n) is 5.57. The molecule has 1 aromatic heterocycles. The van der Waals surface area contributed by atoms with Crippen LogP contribution in [0.2, 0.25) is 0 Å². The Morgan fingerprint density at radius 3 is 3.12 bits per heavy atom. The maximum absolute atomic E-state index is 10.6. The van der Waals surface area contributed by atoms with E-state index in [0.717, 1.165) is 0 Å². The zero-order valence-electron chi connectivity index (χ0n) is 12.6. The molecular weight excluding hydrogens is 354 g/mol. The summed E-state index contributed by atoms with van der Waals surface area (Å²) in [6.07, 6.45) is -3.51. The smallest absolute Gasteiger partial charge is 0.385 e. The molecule has 2 fully saturated rings. The SMILES string of the molecule is [B][P+]1(O)OCC2OC(N3c4ncnc(N)c4NC3N=[N+]=[N-])C(O)[C@@H]2O1. The first-order valence-corrected chi connectivity index (χ1v) is 8.82. The largest absolute Gasteiger partial charge is 0.488 e. The van der Waals surface area contributed by atoms with Crippen LogP contribution in [0.1, 0.15) is 0 Å². The minimum atomic E-state index is -3.51. The van der Waals surface area contributed by atoms with E-state index in [9.17, 15) is 10.00 Å². The topological polar surface area (TPSA) is 184 Å². The lowest BCUT2D eigenvalue weighted by atomic mass is 10.1. The van der Waals surface area contributed by atoms with Crippen LogP contribution < -0.4 is 16.0 Å². The van der Waals surface area contributed by atoms with Crippen molar-refractivity contribution in [2.75, 3.05) is 22.6 Å². The summed E-state index contributed by atoms with van der Waals surface area (Å²) >= 11 is 0. The monoisotopic (exact) mass is 367 g/mol. The van der Waals surface area contributed by atoms with Gasteiger partial charge in [-0.1, -0.05) is 0 Å². The Bertz CT molecular complexity index is 750. The minimum Gasteiger partial charge on any atom is -0.385 e. The summed E-state index contributed by atoms with van der Waals surface area (Å²) in [5, 5.41) is 17.1. The van der Waals surface area contributed by atoms with Crippen molar-refractivity contribution in [3.8, 4) is 0 Å². The molecule has 0 spiro atoms. The second kappa shape index (κ2) is 5.82. The average Bonchev–Trinajstić information content (AvgIpc) is 3.06. The van der Waals surface area contributed by atoms with Gasteiger partial charge in [0.25, 0.3) is 0 Å². The van der Waals surface area contributed by atoms with Crippen molar-refractivity contribution in [2.45, 2.75) is 30.8 Å². The zero-order chi connectivity index (χ0) is 17.8. The van der Waals surface area contributed by atoms with Gasteiger partial charge >= 0.3 is 15.4 Å². The molecule has 3 aliphatic heterocycles. The Morgan fingerprint density at radius 1 is 1.56 bits per heavy atom. The van der Waals surface area contributed by atoms with Crippen LogP contribution in [0.4, 0.5) is 17.3 Å². The maximum Gasteiger partial charge on any atom is 0.488 e. The highest BCUT2D eigenvalue weighted by Gasteiger charge is 2.59. The summed E-state index contributed by atoms with van der Waals surface area (Å²) in [6.45, 7) is -0.0504. The van der Waals surface area contributed by atoms with Gasteiger partial charge in [-0.2, -0.15) is 9.05 Å². The van der Waals surface area contributed by atoms with Crippen molar-refractivity contribution in [2.24, 2.45) is 5.11 Å². The molecule has 1 aromatic rings. The summed E-state index contributed by atoms with van der Waals surface area (Å²) in [6, 6.07) is 0. The third-order valence-electron chi connectivity index (χ3n) is 4.08. The molecule has 4 heterocycles. The van der Waals surface area contributed by atoms with E-state index in [4.69, 9.17) is 32.6 Å². The molecule has 0 bridgehead atoms.